The molecule has 5 rings (SSSR count). The normalized spacial score (nSPS) is 14.1. The summed E-state index contributed by atoms with van der Waals surface area (Å²) >= 11 is 0. The van der Waals surface area contributed by atoms with Crippen LogP contribution in [0.5, 0.6) is 5.75 Å². The van der Waals surface area contributed by atoms with E-state index in [2.05, 4.69) is 36.3 Å². The molecule has 1 amide bonds. The lowest BCUT2D eigenvalue weighted by Gasteiger charge is -2.35. The standard InChI is InChI=1S/C26H29N9O2/c1-17-18(2)35(19-5-7-20(37-4)8-6-19)26(21(17)13-27)31-23(36)15-33-9-11-34(12-10-33)25-22-14-30-32(3)24(22)28-16-29-25/h5-8,14,16H,9-12,15H2,1-4H3,(H,31,36). The summed E-state index contributed by atoms with van der Waals surface area (Å²) < 4.78 is 8.92. The Hall–Kier alpha value is -4.43. The van der Waals surface area contributed by atoms with E-state index >= 15 is 0 Å². The summed E-state index contributed by atoms with van der Waals surface area (Å²) in [5.41, 5.74) is 3.85. The van der Waals surface area contributed by atoms with Crippen LogP contribution in [0.15, 0.2) is 36.8 Å². The molecule has 0 radical (unpaired) electrons. The molecule has 11 nitrogen and oxygen atoms in total. The number of ether oxygens (including phenoxy) is 1. The summed E-state index contributed by atoms with van der Waals surface area (Å²) in [5, 5.41) is 18.1. The molecule has 1 aromatic carbocycles. The maximum Gasteiger partial charge on any atom is 0.239 e. The minimum Gasteiger partial charge on any atom is -0.497 e. The third-order valence-corrected chi connectivity index (χ3v) is 6.96. The van der Waals surface area contributed by atoms with Crippen LogP contribution in [-0.4, -0.2) is 75.0 Å². The number of hydrogen-bond donors (Lipinski definition) is 1. The second-order valence-corrected chi connectivity index (χ2v) is 9.09. The molecule has 37 heavy (non-hydrogen) atoms. The quantitative estimate of drug-likeness (QED) is 0.430. The number of rotatable bonds is 6. The number of nitrogens with one attached hydrogen (secondary N) is 1. The van der Waals surface area contributed by atoms with Crippen LogP contribution in [0.1, 0.15) is 16.8 Å². The van der Waals surface area contributed by atoms with Gasteiger partial charge >= 0.3 is 0 Å². The lowest BCUT2D eigenvalue weighted by Crippen LogP contribution is -2.49. The fourth-order valence-electron chi connectivity index (χ4n) is 4.81. The first-order valence-corrected chi connectivity index (χ1v) is 12.1. The third-order valence-electron chi connectivity index (χ3n) is 6.96. The van der Waals surface area contributed by atoms with E-state index in [1.54, 1.807) is 24.3 Å². The Kier molecular flexibility index (Phi) is 6.50. The van der Waals surface area contributed by atoms with E-state index in [1.165, 1.54) is 0 Å². The van der Waals surface area contributed by atoms with E-state index < -0.39 is 0 Å². The van der Waals surface area contributed by atoms with E-state index in [0.717, 1.165) is 52.6 Å². The molecular weight excluding hydrogens is 470 g/mol. The number of fused-ring (bicyclic) bond motifs is 1. The maximum atomic E-state index is 13.1. The Labute approximate surface area is 214 Å². The number of aromatic nitrogens is 5. The molecule has 1 aliphatic heterocycles. The van der Waals surface area contributed by atoms with Crippen LogP contribution in [0.4, 0.5) is 11.6 Å². The van der Waals surface area contributed by atoms with E-state index in [0.29, 0.717) is 24.5 Å². The fraction of sp³-hybridized carbons (Fsp3) is 0.346. The van der Waals surface area contributed by atoms with Gasteiger partial charge in [-0.3, -0.25) is 18.9 Å². The topological polar surface area (TPSA) is 117 Å². The van der Waals surface area contributed by atoms with Gasteiger partial charge in [0.15, 0.2) is 5.65 Å². The van der Waals surface area contributed by atoms with Gasteiger partial charge in [-0.2, -0.15) is 10.4 Å². The van der Waals surface area contributed by atoms with Crippen LogP contribution in [0.25, 0.3) is 16.7 Å². The summed E-state index contributed by atoms with van der Waals surface area (Å²) in [4.78, 5) is 26.3. The number of anilines is 2. The molecule has 0 atom stereocenters. The molecule has 3 aromatic heterocycles. The van der Waals surface area contributed by atoms with Crippen LogP contribution in [0.3, 0.4) is 0 Å². The molecule has 0 aliphatic carbocycles. The van der Waals surface area contributed by atoms with Crippen molar-refractivity contribution in [3.8, 4) is 17.5 Å². The van der Waals surface area contributed by atoms with Gasteiger partial charge in [-0.05, 0) is 43.7 Å². The Morgan fingerprint density at radius 2 is 1.86 bits per heavy atom. The number of piperazine rings is 1. The van der Waals surface area contributed by atoms with E-state index in [4.69, 9.17) is 4.74 Å². The van der Waals surface area contributed by atoms with Gasteiger partial charge in [-0.15, -0.1) is 0 Å². The van der Waals surface area contributed by atoms with Crippen molar-refractivity contribution in [3.63, 3.8) is 0 Å². The molecule has 0 spiro atoms. The number of methoxy groups -OCH3 is 1. The minimum atomic E-state index is -0.158. The van der Waals surface area contributed by atoms with Crippen molar-refractivity contribution < 1.29 is 9.53 Å². The highest BCUT2D eigenvalue weighted by Crippen LogP contribution is 2.31. The average molecular weight is 500 g/mol. The van der Waals surface area contributed by atoms with Gasteiger partial charge in [0.25, 0.3) is 0 Å². The molecule has 0 saturated carbocycles. The van der Waals surface area contributed by atoms with Crippen LogP contribution in [0.2, 0.25) is 0 Å². The zero-order chi connectivity index (χ0) is 26.1. The molecular formula is C26H29N9O2. The number of aryl methyl sites for hydroxylation is 1. The zero-order valence-electron chi connectivity index (χ0n) is 21.4. The molecule has 1 aliphatic rings. The van der Waals surface area contributed by atoms with Gasteiger partial charge in [0.05, 0.1) is 30.8 Å². The molecule has 1 saturated heterocycles. The lowest BCUT2D eigenvalue weighted by molar-refractivity contribution is -0.117. The first kappa shape index (κ1) is 24.3. The average Bonchev–Trinajstić information content (AvgIpc) is 3.40. The van der Waals surface area contributed by atoms with Crippen LogP contribution >= 0.6 is 0 Å². The SMILES string of the molecule is COc1ccc(-n2c(C)c(C)c(C#N)c2NC(=O)CN2CCN(c3ncnc4c3cnn4C)CC2)cc1. The van der Waals surface area contributed by atoms with Crippen molar-refractivity contribution in [1.82, 2.24) is 29.2 Å². The lowest BCUT2D eigenvalue weighted by atomic mass is 10.2. The summed E-state index contributed by atoms with van der Waals surface area (Å²) in [6, 6.07) is 9.81. The number of carbonyl (C=O) groups is 1. The Morgan fingerprint density at radius 1 is 1.14 bits per heavy atom. The monoisotopic (exact) mass is 499 g/mol. The van der Waals surface area contributed by atoms with Crippen molar-refractivity contribution in [2.45, 2.75) is 13.8 Å². The van der Waals surface area contributed by atoms with Gasteiger partial charge < -0.3 is 15.0 Å². The van der Waals surface area contributed by atoms with E-state index in [1.807, 2.05) is 49.7 Å². The Bertz CT molecular complexity index is 1490. The highest BCUT2D eigenvalue weighted by atomic mass is 16.5. The van der Waals surface area contributed by atoms with Gasteiger partial charge in [0.1, 0.15) is 29.8 Å². The van der Waals surface area contributed by atoms with Crippen LogP contribution < -0.4 is 15.0 Å². The minimum absolute atomic E-state index is 0.158. The van der Waals surface area contributed by atoms with Crippen molar-refractivity contribution in [2.24, 2.45) is 7.05 Å². The number of carbonyl (C=O) groups excluding carboxylic acids is 1. The highest BCUT2D eigenvalue weighted by Gasteiger charge is 2.25. The number of nitrogens with zero attached hydrogens (tertiary/aromatic N) is 8. The van der Waals surface area contributed by atoms with Gasteiger partial charge in [0, 0.05) is 44.6 Å². The number of hydrogen-bond acceptors (Lipinski definition) is 8. The summed E-state index contributed by atoms with van der Waals surface area (Å²) in [6.07, 6.45) is 3.35. The van der Waals surface area contributed by atoms with Crippen molar-refractivity contribution in [2.75, 3.05) is 50.1 Å². The largest absolute Gasteiger partial charge is 0.497 e. The number of amides is 1. The van der Waals surface area contributed by atoms with Gasteiger partial charge in [0.2, 0.25) is 5.91 Å². The summed E-state index contributed by atoms with van der Waals surface area (Å²) in [5.74, 6) is 1.94. The van der Waals surface area contributed by atoms with Crippen molar-refractivity contribution in [1.29, 1.82) is 5.26 Å². The zero-order valence-corrected chi connectivity index (χ0v) is 21.4. The fourth-order valence-corrected chi connectivity index (χ4v) is 4.81. The predicted molar refractivity (Wildman–Crippen MR) is 140 cm³/mol. The molecule has 1 N–H and O–H groups in total. The number of benzene rings is 1. The van der Waals surface area contributed by atoms with Gasteiger partial charge in [-0.1, -0.05) is 0 Å². The van der Waals surface area contributed by atoms with Gasteiger partial charge in [-0.25, -0.2) is 9.97 Å². The maximum absolute atomic E-state index is 13.1. The smallest absolute Gasteiger partial charge is 0.239 e. The molecule has 190 valence electrons. The van der Waals surface area contributed by atoms with E-state index in [-0.39, 0.29) is 12.5 Å². The first-order chi connectivity index (χ1) is 17.9. The molecule has 4 aromatic rings. The molecule has 11 heteroatoms. The Balaban J connectivity index is 1.29. The number of nitriles is 1. The molecule has 4 heterocycles. The van der Waals surface area contributed by atoms with Crippen LogP contribution in [0, 0.1) is 25.2 Å². The summed E-state index contributed by atoms with van der Waals surface area (Å²) in [6.45, 7) is 6.97. The first-order valence-electron chi connectivity index (χ1n) is 12.1. The summed E-state index contributed by atoms with van der Waals surface area (Å²) in [7, 11) is 3.48. The predicted octanol–water partition coefficient (Wildman–Crippen LogP) is 2.41. The second kappa shape index (κ2) is 9.91. The second-order valence-electron chi connectivity index (χ2n) is 9.09. The third kappa shape index (κ3) is 4.47. The molecule has 1 fully saturated rings. The Morgan fingerprint density at radius 3 is 2.54 bits per heavy atom. The van der Waals surface area contributed by atoms with Crippen molar-refractivity contribution in [3.05, 3.63) is 53.6 Å². The van der Waals surface area contributed by atoms with Crippen molar-refractivity contribution >= 4 is 28.6 Å². The molecule has 0 unspecified atom stereocenters. The van der Waals surface area contributed by atoms with Crippen LogP contribution in [-0.2, 0) is 11.8 Å². The highest BCUT2D eigenvalue weighted by molar-refractivity contribution is 5.94. The van der Waals surface area contributed by atoms with E-state index in [9.17, 15) is 10.1 Å². The molecule has 0 bridgehead atoms.